The van der Waals surface area contributed by atoms with Crippen LogP contribution in [-0.4, -0.2) is 40.3 Å². The van der Waals surface area contributed by atoms with Crippen LogP contribution in [-0.2, 0) is 9.53 Å². The van der Waals surface area contributed by atoms with E-state index < -0.39 is 6.10 Å². The van der Waals surface area contributed by atoms with Crippen molar-refractivity contribution in [1.82, 2.24) is 0 Å². The van der Waals surface area contributed by atoms with Gasteiger partial charge < -0.3 is 14.9 Å². The molecule has 0 amide bonds. The monoisotopic (exact) mass is 444 g/mol. The summed E-state index contributed by atoms with van der Waals surface area (Å²) in [4.78, 5) is 11.4. The number of aliphatic hydroxyl groups excluding tert-OH is 2. The van der Waals surface area contributed by atoms with Gasteiger partial charge >= 0.3 is 5.97 Å². The van der Waals surface area contributed by atoms with Crippen LogP contribution in [0.1, 0.15) is 65.2 Å². The molecule has 0 saturated heterocycles. The van der Waals surface area contributed by atoms with Gasteiger partial charge in [-0.05, 0) is 43.9 Å². The molecule has 5 heteroatoms. The Hall–Kier alpha value is -0.650. The van der Waals surface area contributed by atoms with Gasteiger partial charge in [0.2, 0.25) is 0 Å². The fourth-order valence-corrected chi connectivity index (χ4v) is 4.58. The highest BCUT2D eigenvalue weighted by atomic mass is 79.9. The Morgan fingerprint density at radius 2 is 2.07 bits per heavy atom. The summed E-state index contributed by atoms with van der Waals surface area (Å²) in [5, 5.41) is 20.8. The third kappa shape index (κ3) is 8.93. The van der Waals surface area contributed by atoms with Crippen molar-refractivity contribution in [1.29, 1.82) is 0 Å². The van der Waals surface area contributed by atoms with Crippen molar-refractivity contribution in [3.8, 4) is 0 Å². The zero-order valence-corrected chi connectivity index (χ0v) is 18.6. The predicted octanol–water partition coefficient (Wildman–Crippen LogP) is 4.78. The topological polar surface area (TPSA) is 66.8 Å². The summed E-state index contributed by atoms with van der Waals surface area (Å²) in [5.74, 6) is 0.445. The third-order valence-electron chi connectivity index (χ3n) is 5.55. The summed E-state index contributed by atoms with van der Waals surface area (Å²) < 4.78 is 4.64. The number of methoxy groups -OCH3 is 1. The van der Waals surface area contributed by atoms with E-state index in [0.717, 1.165) is 44.9 Å². The highest BCUT2D eigenvalue weighted by Crippen LogP contribution is 2.40. The molecule has 0 heterocycles. The normalized spacial score (nSPS) is 28.1. The largest absolute Gasteiger partial charge is 0.469 e. The van der Waals surface area contributed by atoms with Gasteiger partial charge in [-0.2, -0.15) is 0 Å². The molecule has 1 aliphatic rings. The minimum atomic E-state index is -0.451. The van der Waals surface area contributed by atoms with E-state index in [-0.39, 0.29) is 28.7 Å². The molecular weight excluding hydrogens is 408 g/mol. The van der Waals surface area contributed by atoms with Gasteiger partial charge in [-0.3, -0.25) is 4.79 Å². The molecular formula is C22H37BrO4. The van der Waals surface area contributed by atoms with Crippen LogP contribution in [0.5, 0.6) is 0 Å². The summed E-state index contributed by atoms with van der Waals surface area (Å²) >= 11 is 3.72. The van der Waals surface area contributed by atoms with Crippen LogP contribution in [0.2, 0.25) is 0 Å². The molecule has 0 spiro atoms. The molecule has 27 heavy (non-hydrogen) atoms. The molecule has 156 valence electrons. The first-order chi connectivity index (χ1) is 12.9. The van der Waals surface area contributed by atoms with E-state index in [9.17, 15) is 15.0 Å². The molecule has 0 aliphatic heterocycles. The first-order valence-electron chi connectivity index (χ1n) is 10.3. The van der Waals surface area contributed by atoms with Gasteiger partial charge in [-0.25, -0.2) is 0 Å². The number of halogens is 1. The van der Waals surface area contributed by atoms with Crippen molar-refractivity contribution < 1.29 is 19.7 Å². The van der Waals surface area contributed by atoms with E-state index in [4.69, 9.17) is 0 Å². The number of hydrogen-bond acceptors (Lipinski definition) is 4. The lowest BCUT2D eigenvalue weighted by atomic mass is 9.89. The number of aliphatic hydroxyl groups is 2. The van der Waals surface area contributed by atoms with Crippen LogP contribution >= 0.6 is 15.9 Å². The smallest absolute Gasteiger partial charge is 0.305 e. The van der Waals surface area contributed by atoms with Crippen LogP contribution in [0.4, 0.5) is 0 Å². The van der Waals surface area contributed by atoms with Crippen LogP contribution in [0.25, 0.3) is 0 Å². The van der Waals surface area contributed by atoms with Crippen molar-refractivity contribution in [3.63, 3.8) is 0 Å². The molecule has 1 unspecified atom stereocenters. The second-order valence-corrected chi connectivity index (χ2v) is 8.91. The molecule has 0 bridgehead atoms. The first-order valence-corrected chi connectivity index (χ1v) is 11.2. The minimum Gasteiger partial charge on any atom is -0.469 e. The number of allylic oxidation sites excluding steroid dienone is 2. The number of unbranched alkanes of at least 4 members (excludes halogenated alkanes) is 2. The molecule has 0 aromatic carbocycles. The maximum atomic E-state index is 11.1. The SMILES string of the molecule is CCCCC(C)[C@H](O)/C=C/[C@@H]1[C@@H](C/C=C\CCCC(=O)OC)[C@H](Br)C[C@H]1O. The standard InChI is InChI=1S/C22H37BrO4/c1-4-5-10-16(2)20(24)14-13-18-17(19(23)15-21(18)25)11-8-6-7-9-12-22(26)27-3/h6,8,13-14,16-21,24-25H,4-5,7,9-12,15H2,1-3H3/b8-6-,14-13+/t16?,17-,18-,19-,20-,21-/m1/s1. The van der Waals surface area contributed by atoms with Gasteiger partial charge in [-0.15, -0.1) is 0 Å². The van der Waals surface area contributed by atoms with Crippen molar-refractivity contribution in [3.05, 3.63) is 24.3 Å². The zero-order chi connectivity index (χ0) is 20.2. The highest BCUT2D eigenvalue weighted by Gasteiger charge is 2.39. The van der Waals surface area contributed by atoms with Crippen molar-refractivity contribution in [2.24, 2.45) is 17.8 Å². The van der Waals surface area contributed by atoms with E-state index in [1.54, 1.807) is 0 Å². The second kappa shape index (κ2) is 13.5. The lowest BCUT2D eigenvalue weighted by Crippen LogP contribution is -2.20. The number of ether oxygens (including phenoxy) is 1. The van der Waals surface area contributed by atoms with Crippen LogP contribution < -0.4 is 0 Å². The number of carbonyl (C=O) groups is 1. The molecule has 0 aromatic heterocycles. The average Bonchev–Trinajstić information content (AvgIpc) is 2.92. The second-order valence-electron chi connectivity index (χ2n) is 7.73. The zero-order valence-electron chi connectivity index (χ0n) is 17.0. The Balaban J connectivity index is 2.51. The third-order valence-corrected chi connectivity index (χ3v) is 6.60. The Kier molecular flexibility index (Phi) is 12.2. The summed E-state index contributed by atoms with van der Waals surface area (Å²) in [6.45, 7) is 4.24. The van der Waals surface area contributed by atoms with Gasteiger partial charge in [0.25, 0.3) is 0 Å². The Morgan fingerprint density at radius 1 is 1.33 bits per heavy atom. The lowest BCUT2D eigenvalue weighted by molar-refractivity contribution is -0.140. The van der Waals surface area contributed by atoms with Gasteiger partial charge in [0, 0.05) is 17.2 Å². The molecule has 0 aromatic rings. The molecule has 1 saturated carbocycles. The number of hydrogen-bond donors (Lipinski definition) is 2. The summed E-state index contributed by atoms with van der Waals surface area (Å²) in [6.07, 6.45) is 14.3. The summed E-state index contributed by atoms with van der Waals surface area (Å²) in [5.41, 5.74) is 0. The molecule has 1 aliphatic carbocycles. The number of carbonyl (C=O) groups excluding carboxylic acids is 1. The number of alkyl halides is 1. The average molecular weight is 445 g/mol. The fraction of sp³-hybridized carbons (Fsp3) is 0.773. The van der Waals surface area contributed by atoms with Crippen molar-refractivity contribution in [2.75, 3.05) is 7.11 Å². The fourth-order valence-electron chi connectivity index (χ4n) is 3.63. The van der Waals surface area contributed by atoms with E-state index in [2.05, 4.69) is 46.7 Å². The van der Waals surface area contributed by atoms with Crippen LogP contribution in [0.15, 0.2) is 24.3 Å². The lowest BCUT2D eigenvalue weighted by Gasteiger charge is -2.21. The number of esters is 1. The highest BCUT2D eigenvalue weighted by molar-refractivity contribution is 9.09. The van der Waals surface area contributed by atoms with E-state index in [0.29, 0.717) is 12.3 Å². The maximum Gasteiger partial charge on any atom is 0.305 e. The predicted molar refractivity (Wildman–Crippen MR) is 114 cm³/mol. The van der Waals surface area contributed by atoms with Gasteiger partial charge in [0.1, 0.15) is 0 Å². The first kappa shape index (κ1) is 24.4. The van der Waals surface area contributed by atoms with Crippen LogP contribution in [0, 0.1) is 17.8 Å². The van der Waals surface area contributed by atoms with E-state index in [1.165, 1.54) is 7.11 Å². The van der Waals surface area contributed by atoms with Crippen molar-refractivity contribution in [2.45, 2.75) is 82.2 Å². The van der Waals surface area contributed by atoms with Gasteiger partial charge in [0.15, 0.2) is 0 Å². The van der Waals surface area contributed by atoms with Crippen molar-refractivity contribution >= 4 is 21.9 Å². The van der Waals surface area contributed by atoms with E-state index in [1.807, 2.05) is 12.2 Å². The Morgan fingerprint density at radius 3 is 2.74 bits per heavy atom. The quantitative estimate of drug-likeness (QED) is 0.196. The molecule has 1 rings (SSSR count). The van der Waals surface area contributed by atoms with E-state index >= 15 is 0 Å². The van der Waals surface area contributed by atoms with Gasteiger partial charge in [0.05, 0.1) is 19.3 Å². The molecule has 0 radical (unpaired) electrons. The molecule has 6 atom stereocenters. The maximum absolute atomic E-state index is 11.1. The molecule has 2 N–H and O–H groups in total. The number of rotatable bonds is 12. The van der Waals surface area contributed by atoms with Crippen LogP contribution in [0.3, 0.4) is 0 Å². The molecule has 4 nitrogen and oxygen atoms in total. The minimum absolute atomic E-state index is 0.0575. The van der Waals surface area contributed by atoms with Gasteiger partial charge in [-0.1, -0.05) is 66.9 Å². The Bertz CT molecular complexity index is 477. The molecule has 1 fully saturated rings. The summed E-state index contributed by atoms with van der Waals surface area (Å²) in [7, 11) is 1.41. The Labute approximate surface area is 173 Å². The summed E-state index contributed by atoms with van der Waals surface area (Å²) in [6, 6.07) is 0.